The van der Waals surface area contributed by atoms with Crippen molar-refractivity contribution in [3.8, 4) is 23.0 Å². The summed E-state index contributed by atoms with van der Waals surface area (Å²) in [4.78, 5) is 0. The highest BCUT2D eigenvalue weighted by atomic mass is 79.9. The highest BCUT2D eigenvalue weighted by Crippen LogP contribution is 2.56. The smallest absolute Gasteiger partial charge is 0.160 e. The van der Waals surface area contributed by atoms with Gasteiger partial charge in [-0.2, -0.15) is 0 Å². The van der Waals surface area contributed by atoms with Crippen molar-refractivity contribution < 1.29 is 9.47 Å². The molecule has 3 aromatic rings. The molecule has 0 spiro atoms. The molecule has 2 nitrogen and oxygen atoms in total. The van der Waals surface area contributed by atoms with Crippen LogP contribution in [0.2, 0.25) is 0 Å². The van der Waals surface area contributed by atoms with Crippen LogP contribution in [0.15, 0.2) is 69.0 Å². The van der Waals surface area contributed by atoms with Crippen molar-refractivity contribution in [2.45, 2.75) is 0 Å². The van der Waals surface area contributed by atoms with E-state index in [2.05, 4.69) is 159 Å². The maximum atomic E-state index is 6.35. The van der Waals surface area contributed by atoms with Crippen LogP contribution in [0.25, 0.3) is 0 Å². The van der Waals surface area contributed by atoms with E-state index in [1.807, 2.05) is 24.3 Å². The van der Waals surface area contributed by atoms with Gasteiger partial charge in [0.25, 0.3) is 0 Å². The molecule has 0 saturated carbocycles. The van der Waals surface area contributed by atoms with Crippen molar-refractivity contribution >= 4 is 159 Å². The van der Waals surface area contributed by atoms with Gasteiger partial charge in [0.2, 0.25) is 0 Å². The number of hydrogen-bond donors (Lipinski definition) is 0. The Hall–Kier alpha value is 2.06. The number of para-hydroxylation sites is 1. The van der Waals surface area contributed by atoms with E-state index < -0.39 is 0 Å². The first kappa shape index (κ1) is 26.7. The maximum absolute atomic E-state index is 6.35. The summed E-state index contributed by atoms with van der Waals surface area (Å²) >= 11 is 35.8. The third-order valence-corrected chi connectivity index (χ3v) is 14.4. The number of benzene rings is 3. The molecule has 0 saturated heterocycles. The Kier molecular flexibility index (Phi) is 9.95. The van der Waals surface area contributed by atoms with E-state index in [0.717, 1.165) is 35.8 Å². The van der Waals surface area contributed by atoms with Crippen molar-refractivity contribution in [3.05, 3.63) is 69.0 Å². The molecule has 3 aromatic carbocycles. The Morgan fingerprint density at radius 3 is 1.27 bits per heavy atom. The van der Waals surface area contributed by atoms with Crippen LogP contribution in [0.3, 0.4) is 0 Å². The number of rotatable bonds is 4. The lowest BCUT2D eigenvalue weighted by atomic mass is 10.3. The molecule has 30 heavy (non-hydrogen) atoms. The lowest BCUT2D eigenvalue weighted by molar-refractivity contribution is 0.445. The summed E-state index contributed by atoms with van der Waals surface area (Å²) in [5, 5.41) is 0. The molecule has 0 aliphatic carbocycles. The Bertz CT molecular complexity index is 1130. The molecule has 0 aliphatic rings. The molecule has 158 valence electrons. The summed E-state index contributed by atoms with van der Waals surface area (Å²) in [6.07, 6.45) is 0. The minimum Gasteiger partial charge on any atom is -0.454 e. The van der Waals surface area contributed by atoms with E-state index in [4.69, 9.17) is 9.47 Å². The zero-order valence-electron chi connectivity index (χ0n) is 13.9. The molecule has 3 rings (SSSR count). The molecule has 0 aliphatic heterocycles. The number of ether oxygens (including phenoxy) is 2. The molecule has 12 heteroatoms. The van der Waals surface area contributed by atoms with Crippen LogP contribution in [0.1, 0.15) is 0 Å². The van der Waals surface area contributed by atoms with Crippen molar-refractivity contribution in [1.29, 1.82) is 0 Å². The van der Waals surface area contributed by atoms with Gasteiger partial charge < -0.3 is 9.47 Å². The first-order valence-electron chi connectivity index (χ1n) is 7.53. The Labute approximate surface area is 256 Å². The second kappa shape index (κ2) is 11.2. The SMILES string of the molecule is Brc1ccccc1Oc1c(Br)c(Br)c(Br)c(Oc2c(Br)c(Br)c(Br)c(Br)c2Br)c1Br. The van der Waals surface area contributed by atoms with Crippen LogP contribution >= 0.6 is 159 Å². The van der Waals surface area contributed by atoms with Gasteiger partial charge in [-0.3, -0.25) is 0 Å². The van der Waals surface area contributed by atoms with Crippen molar-refractivity contribution in [3.63, 3.8) is 0 Å². The molecule has 0 fully saturated rings. The van der Waals surface area contributed by atoms with E-state index in [1.165, 1.54) is 0 Å². The number of hydrogen-bond acceptors (Lipinski definition) is 2. The first-order chi connectivity index (χ1) is 14.1. The second-order valence-electron chi connectivity index (χ2n) is 5.45. The Morgan fingerprint density at radius 1 is 0.400 bits per heavy atom. The van der Waals surface area contributed by atoms with Gasteiger partial charge in [-0.15, -0.1) is 0 Å². The predicted molar refractivity (Wildman–Crippen MR) is 156 cm³/mol. The minimum absolute atomic E-state index is 0.523. The highest BCUT2D eigenvalue weighted by Gasteiger charge is 2.26. The van der Waals surface area contributed by atoms with Crippen LogP contribution < -0.4 is 9.47 Å². The van der Waals surface area contributed by atoms with Crippen LogP contribution in [0, 0.1) is 0 Å². The van der Waals surface area contributed by atoms with Crippen molar-refractivity contribution in [2.24, 2.45) is 0 Å². The Morgan fingerprint density at radius 2 is 0.767 bits per heavy atom. The van der Waals surface area contributed by atoms with Gasteiger partial charge >= 0.3 is 0 Å². The van der Waals surface area contributed by atoms with Gasteiger partial charge in [0, 0.05) is 4.47 Å². The van der Waals surface area contributed by atoms with Gasteiger partial charge in [-0.1, -0.05) is 12.1 Å². The lowest BCUT2D eigenvalue weighted by Crippen LogP contribution is -1.96. The van der Waals surface area contributed by atoms with E-state index in [9.17, 15) is 0 Å². The van der Waals surface area contributed by atoms with Crippen LogP contribution in [0.5, 0.6) is 23.0 Å². The zero-order valence-corrected chi connectivity index (χ0v) is 29.8. The van der Waals surface area contributed by atoms with Gasteiger partial charge in [0.05, 0.1) is 35.8 Å². The molecular formula is C18H4Br10O2. The normalized spacial score (nSPS) is 11.0. The summed E-state index contributed by atoms with van der Waals surface area (Å²) in [7, 11) is 0. The summed E-state index contributed by atoms with van der Waals surface area (Å²) in [5.74, 6) is 2.30. The largest absolute Gasteiger partial charge is 0.454 e. The molecule has 0 N–H and O–H groups in total. The topological polar surface area (TPSA) is 18.5 Å². The van der Waals surface area contributed by atoms with Crippen LogP contribution in [-0.4, -0.2) is 0 Å². The predicted octanol–water partition coefficient (Wildman–Crippen LogP) is 12.9. The summed E-state index contributed by atoms with van der Waals surface area (Å²) in [6, 6.07) is 7.60. The summed E-state index contributed by atoms with van der Waals surface area (Å²) in [6.45, 7) is 0. The van der Waals surface area contributed by atoms with E-state index >= 15 is 0 Å². The van der Waals surface area contributed by atoms with Gasteiger partial charge in [0.15, 0.2) is 17.2 Å². The summed E-state index contributed by atoms with van der Waals surface area (Å²) in [5.41, 5.74) is 0. The van der Waals surface area contributed by atoms with E-state index in [0.29, 0.717) is 31.9 Å². The van der Waals surface area contributed by atoms with Crippen molar-refractivity contribution in [1.82, 2.24) is 0 Å². The van der Waals surface area contributed by atoms with Crippen LogP contribution in [-0.2, 0) is 0 Å². The lowest BCUT2D eigenvalue weighted by Gasteiger charge is -2.20. The fraction of sp³-hybridized carbons (Fsp3) is 0. The molecule has 0 unspecified atom stereocenters. The number of halogens is 10. The molecule has 0 aromatic heterocycles. The quantitative estimate of drug-likeness (QED) is 0.192. The maximum Gasteiger partial charge on any atom is 0.160 e. The summed E-state index contributed by atoms with van der Waals surface area (Å²) < 4.78 is 20.1. The standard InChI is InChI=1S/C18H4Br10O2/c19-5-3-1-2-4-6(5)29-17-13(26)10(23)14(27)18(15(17)28)30-16-11(24)8(21)7(20)9(22)12(16)25/h1-4H. The Balaban J connectivity index is 2.18. The average molecular weight is 1050 g/mol. The average Bonchev–Trinajstić information content (AvgIpc) is 2.73. The highest BCUT2D eigenvalue weighted by molar-refractivity contribution is 9.16. The van der Waals surface area contributed by atoms with Crippen LogP contribution in [0.4, 0.5) is 0 Å². The zero-order chi connectivity index (χ0) is 22.3. The first-order valence-corrected chi connectivity index (χ1v) is 15.5. The van der Waals surface area contributed by atoms with E-state index in [1.54, 1.807) is 0 Å². The molecule has 0 atom stereocenters. The third-order valence-electron chi connectivity index (χ3n) is 3.61. The molecule has 0 amide bonds. The van der Waals surface area contributed by atoms with Gasteiger partial charge in [0.1, 0.15) is 10.2 Å². The third kappa shape index (κ3) is 5.32. The molecule has 0 radical (unpaired) electrons. The fourth-order valence-electron chi connectivity index (χ4n) is 2.18. The fourth-order valence-corrected chi connectivity index (χ4v) is 8.39. The van der Waals surface area contributed by atoms with Crippen molar-refractivity contribution in [2.75, 3.05) is 0 Å². The molecule has 0 bridgehead atoms. The van der Waals surface area contributed by atoms with Gasteiger partial charge in [-0.25, -0.2) is 0 Å². The molecule has 0 heterocycles. The molecular weight excluding hydrogens is 1050 g/mol. The van der Waals surface area contributed by atoms with Gasteiger partial charge in [-0.05, 0) is 171 Å². The monoisotopic (exact) mass is 1040 g/mol. The second-order valence-corrected chi connectivity index (χ2v) is 13.4. The van der Waals surface area contributed by atoms with E-state index in [-0.39, 0.29) is 0 Å². The minimum atomic E-state index is 0.523.